The average Bonchev–Trinajstić information content (AvgIpc) is 2.72. The van der Waals surface area contributed by atoms with E-state index in [0.717, 1.165) is 29.9 Å². The highest BCUT2D eigenvalue weighted by molar-refractivity contribution is 5.94. The molecule has 0 spiro atoms. The normalized spacial score (nSPS) is 23.1. The van der Waals surface area contributed by atoms with Crippen LogP contribution in [0.25, 0.3) is 0 Å². The lowest BCUT2D eigenvalue weighted by molar-refractivity contribution is -0.120. The zero-order chi connectivity index (χ0) is 13.3. The van der Waals surface area contributed by atoms with E-state index in [1.807, 2.05) is 19.9 Å². The van der Waals surface area contributed by atoms with Crippen LogP contribution >= 0.6 is 0 Å². The van der Waals surface area contributed by atoms with Gasteiger partial charge in [-0.15, -0.1) is 0 Å². The predicted molar refractivity (Wildman–Crippen MR) is 71.7 cm³/mol. The van der Waals surface area contributed by atoms with Gasteiger partial charge in [-0.25, -0.2) is 0 Å². The molecule has 2 unspecified atom stereocenters. The summed E-state index contributed by atoms with van der Waals surface area (Å²) in [6, 6.07) is 3.50. The van der Waals surface area contributed by atoms with Gasteiger partial charge in [-0.1, -0.05) is 6.92 Å². The monoisotopic (exact) mass is 248 g/mol. The number of aryl methyl sites for hydroxylation is 2. The van der Waals surface area contributed by atoms with Crippen molar-refractivity contribution in [2.24, 2.45) is 11.8 Å². The number of anilines is 1. The van der Waals surface area contributed by atoms with E-state index >= 15 is 0 Å². The SMILES string of the molecule is Cc1cc(NC(=O)C2CNCC2C)c(C)cc1O. The first-order valence-electron chi connectivity index (χ1n) is 6.31. The molecule has 1 aromatic carbocycles. The molecule has 4 nitrogen and oxygen atoms in total. The Morgan fingerprint density at radius 1 is 1.33 bits per heavy atom. The number of amides is 1. The molecule has 2 atom stereocenters. The van der Waals surface area contributed by atoms with E-state index in [0.29, 0.717) is 5.92 Å². The number of carbonyl (C=O) groups is 1. The van der Waals surface area contributed by atoms with Gasteiger partial charge in [0.15, 0.2) is 0 Å². The summed E-state index contributed by atoms with van der Waals surface area (Å²) in [5, 5.41) is 15.8. The number of aromatic hydroxyl groups is 1. The highest BCUT2D eigenvalue weighted by atomic mass is 16.3. The molecule has 18 heavy (non-hydrogen) atoms. The van der Waals surface area contributed by atoms with Gasteiger partial charge in [0.25, 0.3) is 0 Å². The standard InChI is InChI=1S/C14H20N2O2/c1-8-5-13(17)9(2)4-12(8)16-14(18)11-7-15-6-10(11)3/h4-5,10-11,15,17H,6-7H2,1-3H3,(H,16,18). The van der Waals surface area contributed by atoms with Gasteiger partial charge < -0.3 is 15.7 Å². The van der Waals surface area contributed by atoms with Crippen LogP contribution in [0.4, 0.5) is 5.69 Å². The van der Waals surface area contributed by atoms with Crippen molar-refractivity contribution in [1.29, 1.82) is 0 Å². The number of phenolic OH excluding ortho intramolecular Hbond substituents is 1. The van der Waals surface area contributed by atoms with Crippen LogP contribution in [0.2, 0.25) is 0 Å². The fraction of sp³-hybridized carbons (Fsp3) is 0.500. The number of phenols is 1. The second-order valence-corrected chi connectivity index (χ2v) is 5.18. The van der Waals surface area contributed by atoms with Gasteiger partial charge in [-0.2, -0.15) is 0 Å². The first-order chi connectivity index (χ1) is 8.49. The second kappa shape index (κ2) is 4.98. The highest BCUT2D eigenvalue weighted by Gasteiger charge is 2.29. The van der Waals surface area contributed by atoms with Crippen molar-refractivity contribution in [3.8, 4) is 5.75 Å². The van der Waals surface area contributed by atoms with Crippen molar-refractivity contribution < 1.29 is 9.90 Å². The van der Waals surface area contributed by atoms with Crippen LogP contribution in [0.1, 0.15) is 18.1 Å². The molecule has 4 heteroatoms. The molecule has 0 aliphatic carbocycles. The summed E-state index contributed by atoms with van der Waals surface area (Å²) in [6.07, 6.45) is 0. The van der Waals surface area contributed by atoms with E-state index < -0.39 is 0 Å². The largest absolute Gasteiger partial charge is 0.508 e. The number of hydrogen-bond donors (Lipinski definition) is 3. The molecule has 1 saturated heterocycles. The minimum Gasteiger partial charge on any atom is -0.508 e. The summed E-state index contributed by atoms with van der Waals surface area (Å²) in [4.78, 5) is 12.2. The lowest BCUT2D eigenvalue weighted by Gasteiger charge is -2.16. The Hall–Kier alpha value is -1.55. The molecule has 1 aliphatic heterocycles. The fourth-order valence-corrected chi connectivity index (χ4v) is 2.32. The third kappa shape index (κ3) is 2.48. The predicted octanol–water partition coefficient (Wildman–Crippen LogP) is 1.80. The van der Waals surface area contributed by atoms with Gasteiger partial charge in [0.05, 0.1) is 5.92 Å². The molecule has 2 rings (SSSR count). The molecule has 1 aromatic rings. The summed E-state index contributed by atoms with van der Waals surface area (Å²) in [5.41, 5.74) is 2.44. The maximum atomic E-state index is 12.2. The summed E-state index contributed by atoms with van der Waals surface area (Å²) in [7, 11) is 0. The van der Waals surface area contributed by atoms with Crippen molar-refractivity contribution in [2.75, 3.05) is 18.4 Å². The van der Waals surface area contributed by atoms with E-state index in [2.05, 4.69) is 17.6 Å². The molecule has 0 radical (unpaired) electrons. The van der Waals surface area contributed by atoms with Gasteiger partial charge >= 0.3 is 0 Å². The molecule has 1 heterocycles. The third-order valence-electron chi connectivity index (χ3n) is 3.66. The van der Waals surface area contributed by atoms with E-state index in [1.54, 1.807) is 6.07 Å². The number of hydrogen-bond acceptors (Lipinski definition) is 3. The minimum atomic E-state index is 0.0264. The average molecular weight is 248 g/mol. The van der Waals surface area contributed by atoms with Crippen molar-refractivity contribution in [1.82, 2.24) is 5.32 Å². The number of benzene rings is 1. The molecule has 0 saturated carbocycles. The Bertz CT molecular complexity index is 471. The summed E-state index contributed by atoms with van der Waals surface area (Å²) >= 11 is 0. The molecule has 3 N–H and O–H groups in total. The quantitative estimate of drug-likeness (QED) is 0.699. The minimum absolute atomic E-state index is 0.0264. The Balaban J connectivity index is 2.14. The number of rotatable bonds is 2. The van der Waals surface area contributed by atoms with Crippen LogP contribution in [0, 0.1) is 25.7 Å². The van der Waals surface area contributed by atoms with Crippen molar-refractivity contribution in [3.63, 3.8) is 0 Å². The van der Waals surface area contributed by atoms with E-state index in [-0.39, 0.29) is 17.6 Å². The van der Waals surface area contributed by atoms with Gasteiger partial charge in [0.1, 0.15) is 5.75 Å². The summed E-state index contributed by atoms with van der Waals surface area (Å²) < 4.78 is 0. The highest BCUT2D eigenvalue weighted by Crippen LogP contribution is 2.26. The van der Waals surface area contributed by atoms with E-state index in [4.69, 9.17) is 0 Å². The van der Waals surface area contributed by atoms with Crippen LogP contribution in [0.15, 0.2) is 12.1 Å². The smallest absolute Gasteiger partial charge is 0.229 e. The Kier molecular flexibility index (Phi) is 3.57. The summed E-state index contributed by atoms with van der Waals surface area (Å²) in [5.74, 6) is 0.712. The molecule has 1 amide bonds. The van der Waals surface area contributed by atoms with Crippen LogP contribution in [0.3, 0.4) is 0 Å². The van der Waals surface area contributed by atoms with Crippen molar-refractivity contribution in [2.45, 2.75) is 20.8 Å². The molecule has 1 fully saturated rings. The second-order valence-electron chi connectivity index (χ2n) is 5.18. The van der Waals surface area contributed by atoms with E-state index in [9.17, 15) is 9.90 Å². The number of carbonyl (C=O) groups excluding carboxylic acids is 1. The zero-order valence-electron chi connectivity index (χ0n) is 11.1. The lowest BCUT2D eigenvalue weighted by Crippen LogP contribution is -2.28. The number of nitrogens with one attached hydrogen (secondary N) is 2. The molecule has 98 valence electrons. The van der Waals surface area contributed by atoms with Crippen LogP contribution < -0.4 is 10.6 Å². The van der Waals surface area contributed by atoms with Gasteiger partial charge in [0.2, 0.25) is 5.91 Å². The maximum Gasteiger partial charge on any atom is 0.229 e. The topological polar surface area (TPSA) is 61.4 Å². The van der Waals surface area contributed by atoms with Crippen molar-refractivity contribution >= 4 is 11.6 Å². The van der Waals surface area contributed by atoms with Crippen LogP contribution in [0.5, 0.6) is 5.75 Å². The third-order valence-corrected chi connectivity index (χ3v) is 3.66. The van der Waals surface area contributed by atoms with Crippen LogP contribution in [-0.4, -0.2) is 24.1 Å². The Morgan fingerprint density at radius 3 is 2.67 bits per heavy atom. The van der Waals surface area contributed by atoms with E-state index in [1.165, 1.54) is 0 Å². The first-order valence-corrected chi connectivity index (χ1v) is 6.31. The van der Waals surface area contributed by atoms with Crippen molar-refractivity contribution in [3.05, 3.63) is 23.3 Å². The maximum absolute atomic E-state index is 12.2. The lowest BCUT2D eigenvalue weighted by atomic mass is 9.97. The molecule has 0 aromatic heterocycles. The Morgan fingerprint density at radius 2 is 2.06 bits per heavy atom. The zero-order valence-corrected chi connectivity index (χ0v) is 11.1. The first kappa shape index (κ1) is 12.9. The molecular formula is C14H20N2O2. The fourth-order valence-electron chi connectivity index (χ4n) is 2.32. The molecule has 1 aliphatic rings. The van der Waals surface area contributed by atoms with Crippen LogP contribution in [-0.2, 0) is 4.79 Å². The van der Waals surface area contributed by atoms with Gasteiger partial charge in [-0.3, -0.25) is 4.79 Å². The molecule has 0 bridgehead atoms. The van der Waals surface area contributed by atoms with Gasteiger partial charge in [-0.05, 0) is 49.6 Å². The summed E-state index contributed by atoms with van der Waals surface area (Å²) in [6.45, 7) is 7.42. The molecular weight excluding hydrogens is 228 g/mol. The Labute approximate surface area is 107 Å². The van der Waals surface area contributed by atoms with Gasteiger partial charge in [0, 0.05) is 12.2 Å².